The standard InChI is InChI=1S/C25H22F6N2O3S/c1-17-7-9-22(10-8-17)37(35,36)33(12-11-18-5-3-2-4-6-18)16-23(34)32-21-14-19(24(26,27)28)13-20(15-21)25(29,30)31/h2-10,13-15H,11-12,16H2,1H3,(H,32,34). The van der Waals surface area contributed by atoms with E-state index in [1.807, 2.05) is 5.32 Å². The molecule has 0 aliphatic rings. The Kier molecular flexibility index (Phi) is 8.33. The van der Waals surface area contributed by atoms with E-state index in [1.54, 1.807) is 49.4 Å². The SMILES string of the molecule is Cc1ccc(S(=O)(=O)N(CCc2ccccc2)CC(=O)Nc2cc(C(F)(F)F)cc(C(F)(F)F)c2)cc1. The van der Waals surface area contributed by atoms with E-state index >= 15 is 0 Å². The molecule has 1 N–H and O–H groups in total. The molecule has 0 aliphatic heterocycles. The normalized spacial score (nSPS) is 12.5. The van der Waals surface area contributed by atoms with Crippen LogP contribution in [0.25, 0.3) is 0 Å². The van der Waals surface area contributed by atoms with Crippen LogP contribution in [-0.2, 0) is 33.6 Å². The van der Waals surface area contributed by atoms with Crippen molar-refractivity contribution in [3.05, 3.63) is 95.1 Å². The molecule has 0 unspecified atom stereocenters. The Morgan fingerprint density at radius 1 is 0.838 bits per heavy atom. The van der Waals surface area contributed by atoms with Crippen molar-refractivity contribution < 1.29 is 39.6 Å². The number of sulfonamides is 1. The second-order valence-electron chi connectivity index (χ2n) is 8.23. The van der Waals surface area contributed by atoms with Gasteiger partial charge in [-0.25, -0.2) is 8.42 Å². The van der Waals surface area contributed by atoms with E-state index < -0.39 is 51.6 Å². The van der Waals surface area contributed by atoms with Gasteiger partial charge in [-0.3, -0.25) is 4.79 Å². The summed E-state index contributed by atoms with van der Waals surface area (Å²) in [6.45, 7) is 0.756. The quantitative estimate of drug-likeness (QED) is 0.359. The molecule has 0 fully saturated rings. The molecular weight excluding hydrogens is 522 g/mol. The van der Waals surface area contributed by atoms with E-state index in [2.05, 4.69) is 0 Å². The molecule has 3 aromatic rings. The third-order valence-corrected chi connectivity index (χ3v) is 7.20. The van der Waals surface area contributed by atoms with Crippen LogP contribution in [0, 0.1) is 6.92 Å². The average molecular weight is 545 g/mol. The van der Waals surface area contributed by atoms with Crippen molar-refractivity contribution in [1.82, 2.24) is 4.31 Å². The van der Waals surface area contributed by atoms with Crippen molar-refractivity contribution in [2.24, 2.45) is 0 Å². The maximum Gasteiger partial charge on any atom is 0.416 e. The van der Waals surface area contributed by atoms with E-state index in [0.29, 0.717) is 12.1 Å². The summed E-state index contributed by atoms with van der Waals surface area (Å²) in [5.41, 5.74) is -2.42. The highest BCUT2D eigenvalue weighted by Gasteiger charge is 2.37. The predicted octanol–water partition coefficient (Wildman–Crippen LogP) is 5.90. The van der Waals surface area contributed by atoms with Crippen LogP contribution in [-0.4, -0.2) is 31.7 Å². The molecule has 0 bridgehead atoms. The Morgan fingerprint density at radius 2 is 1.38 bits per heavy atom. The first-order valence-electron chi connectivity index (χ1n) is 10.9. The van der Waals surface area contributed by atoms with Gasteiger partial charge in [-0.1, -0.05) is 48.0 Å². The third kappa shape index (κ3) is 7.56. The maximum absolute atomic E-state index is 13.3. The van der Waals surface area contributed by atoms with Crippen molar-refractivity contribution in [3.8, 4) is 0 Å². The summed E-state index contributed by atoms with van der Waals surface area (Å²) in [5.74, 6) is -1.10. The Balaban J connectivity index is 1.89. The van der Waals surface area contributed by atoms with Crippen molar-refractivity contribution in [3.63, 3.8) is 0 Å². The molecule has 0 aromatic heterocycles. The molecule has 37 heavy (non-hydrogen) atoms. The molecule has 3 aromatic carbocycles. The highest BCUT2D eigenvalue weighted by atomic mass is 32.2. The number of nitrogens with one attached hydrogen (secondary N) is 1. The fourth-order valence-electron chi connectivity index (χ4n) is 3.43. The number of rotatable bonds is 8. The zero-order valence-electron chi connectivity index (χ0n) is 19.4. The number of carbonyl (C=O) groups excluding carboxylic acids is 1. The average Bonchev–Trinajstić information content (AvgIpc) is 2.81. The summed E-state index contributed by atoms with van der Waals surface area (Å²) in [4.78, 5) is 12.6. The molecule has 0 saturated carbocycles. The van der Waals surface area contributed by atoms with Crippen molar-refractivity contribution >= 4 is 21.6 Å². The lowest BCUT2D eigenvalue weighted by atomic mass is 10.1. The number of alkyl halides is 6. The van der Waals surface area contributed by atoms with Crippen LogP contribution in [0.1, 0.15) is 22.3 Å². The summed E-state index contributed by atoms with van der Waals surface area (Å²) in [5, 5.41) is 1.98. The van der Waals surface area contributed by atoms with Gasteiger partial charge in [0, 0.05) is 12.2 Å². The number of anilines is 1. The summed E-state index contributed by atoms with van der Waals surface area (Å²) in [7, 11) is -4.23. The van der Waals surface area contributed by atoms with Gasteiger partial charge in [0.15, 0.2) is 0 Å². The second kappa shape index (κ2) is 10.9. The molecule has 0 radical (unpaired) electrons. The lowest BCUT2D eigenvalue weighted by Crippen LogP contribution is -2.39. The van der Waals surface area contributed by atoms with E-state index in [4.69, 9.17) is 0 Å². The minimum atomic E-state index is -5.10. The largest absolute Gasteiger partial charge is 0.416 e. The van der Waals surface area contributed by atoms with Gasteiger partial charge in [-0.05, 0) is 49.2 Å². The van der Waals surface area contributed by atoms with Crippen molar-refractivity contribution in [1.29, 1.82) is 0 Å². The van der Waals surface area contributed by atoms with Crippen LogP contribution in [0.15, 0.2) is 77.7 Å². The Hall–Kier alpha value is -3.38. The summed E-state index contributed by atoms with van der Waals surface area (Å²) < 4.78 is 106. The van der Waals surface area contributed by atoms with Gasteiger partial charge in [0.05, 0.1) is 22.6 Å². The van der Waals surface area contributed by atoms with E-state index in [1.165, 1.54) is 12.1 Å². The first-order valence-corrected chi connectivity index (χ1v) is 12.3. The Morgan fingerprint density at radius 3 is 1.89 bits per heavy atom. The van der Waals surface area contributed by atoms with Gasteiger partial charge >= 0.3 is 12.4 Å². The van der Waals surface area contributed by atoms with Crippen molar-refractivity contribution in [2.75, 3.05) is 18.4 Å². The number of nitrogens with zero attached hydrogens (tertiary/aromatic N) is 1. The van der Waals surface area contributed by atoms with Crippen LogP contribution in [0.5, 0.6) is 0 Å². The maximum atomic E-state index is 13.3. The van der Waals surface area contributed by atoms with Gasteiger partial charge in [0.1, 0.15) is 0 Å². The van der Waals surface area contributed by atoms with Gasteiger partial charge in [0.25, 0.3) is 0 Å². The molecule has 0 atom stereocenters. The van der Waals surface area contributed by atoms with Gasteiger partial charge in [-0.2, -0.15) is 30.6 Å². The highest BCUT2D eigenvalue weighted by Crippen LogP contribution is 2.37. The van der Waals surface area contributed by atoms with Gasteiger partial charge < -0.3 is 5.32 Å². The third-order valence-electron chi connectivity index (χ3n) is 5.34. The number of benzene rings is 3. The Bertz CT molecular complexity index is 1310. The topological polar surface area (TPSA) is 66.5 Å². The smallest absolute Gasteiger partial charge is 0.325 e. The molecule has 12 heteroatoms. The molecule has 0 saturated heterocycles. The van der Waals surface area contributed by atoms with E-state index in [-0.39, 0.29) is 23.9 Å². The number of halogens is 6. The van der Waals surface area contributed by atoms with Crippen LogP contribution < -0.4 is 5.32 Å². The summed E-state index contributed by atoms with van der Waals surface area (Å²) in [6, 6.07) is 15.2. The second-order valence-corrected chi connectivity index (χ2v) is 10.2. The highest BCUT2D eigenvalue weighted by molar-refractivity contribution is 7.89. The molecular formula is C25H22F6N2O3S. The molecule has 5 nitrogen and oxygen atoms in total. The van der Waals surface area contributed by atoms with E-state index in [0.717, 1.165) is 15.4 Å². The fraction of sp³-hybridized carbons (Fsp3) is 0.240. The first-order chi connectivity index (χ1) is 17.2. The zero-order valence-corrected chi connectivity index (χ0v) is 20.2. The lowest BCUT2D eigenvalue weighted by Gasteiger charge is -2.22. The molecule has 0 spiro atoms. The fourth-order valence-corrected chi connectivity index (χ4v) is 4.83. The molecule has 3 rings (SSSR count). The number of carbonyl (C=O) groups is 1. The van der Waals surface area contributed by atoms with Crippen LogP contribution in [0.4, 0.5) is 32.0 Å². The van der Waals surface area contributed by atoms with Crippen LogP contribution in [0.2, 0.25) is 0 Å². The lowest BCUT2D eigenvalue weighted by molar-refractivity contribution is -0.143. The molecule has 1 amide bonds. The zero-order chi connectivity index (χ0) is 27.4. The molecule has 198 valence electrons. The molecule has 0 aliphatic carbocycles. The predicted molar refractivity (Wildman–Crippen MR) is 125 cm³/mol. The number of amides is 1. The summed E-state index contributed by atoms with van der Waals surface area (Å²) >= 11 is 0. The minimum absolute atomic E-state index is 0.0658. The molecule has 0 heterocycles. The van der Waals surface area contributed by atoms with Crippen LogP contribution >= 0.6 is 0 Å². The van der Waals surface area contributed by atoms with Crippen LogP contribution in [0.3, 0.4) is 0 Å². The minimum Gasteiger partial charge on any atom is -0.325 e. The number of aryl methyl sites for hydroxylation is 1. The summed E-state index contributed by atoms with van der Waals surface area (Å²) in [6.07, 6.45) is -9.99. The van der Waals surface area contributed by atoms with Crippen molar-refractivity contribution in [2.45, 2.75) is 30.6 Å². The van der Waals surface area contributed by atoms with Gasteiger partial charge in [0.2, 0.25) is 15.9 Å². The number of hydrogen-bond acceptors (Lipinski definition) is 3. The van der Waals surface area contributed by atoms with E-state index in [9.17, 15) is 39.6 Å². The van der Waals surface area contributed by atoms with Gasteiger partial charge in [-0.15, -0.1) is 0 Å². The Labute approximate surface area is 209 Å². The monoisotopic (exact) mass is 544 g/mol. The number of hydrogen-bond donors (Lipinski definition) is 1. The first kappa shape index (κ1) is 28.2.